The van der Waals surface area contributed by atoms with Gasteiger partial charge >= 0.3 is 0 Å². The fourth-order valence-corrected chi connectivity index (χ4v) is 5.56. The van der Waals surface area contributed by atoms with Crippen LogP contribution in [0.2, 0.25) is 0 Å². The highest BCUT2D eigenvalue weighted by Crippen LogP contribution is 2.46. The Morgan fingerprint density at radius 2 is 1.04 bits per heavy atom. The molecule has 0 aliphatic heterocycles. The van der Waals surface area contributed by atoms with Gasteiger partial charge in [0.15, 0.2) is 0 Å². The molecule has 2 heteroatoms. The molecule has 1 aromatic heterocycles. The van der Waals surface area contributed by atoms with Gasteiger partial charge < -0.3 is 9.32 Å². The summed E-state index contributed by atoms with van der Waals surface area (Å²) in [6, 6.07) is -3.48. The number of fused-ring (bicyclic) bond motifs is 5. The Kier molecular flexibility index (Phi) is 3.28. The zero-order chi connectivity index (χ0) is 51.0. The summed E-state index contributed by atoms with van der Waals surface area (Å²) in [5.74, 6) is 0. The molecule has 0 saturated heterocycles. The van der Waals surface area contributed by atoms with Crippen LogP contribution in [-0.4, -0.2) is 0 Å². The quantitative estimate of drug-likeness (QED) is 0.181. The Morgan fingerprint density at radius 1 is 0.438 bits per heavy atom. The standard InChI is InChI=1S/C46H31NO/c1-4-13-32(14-5-1)34-23-25-36(26-24-34)41-31-42-45-43(21-12-22-44(45)48-46(42)40-20-11-10-19-39(40)41)47(37-17-8-3-9-18-37)38-29-27-35(28-30-38)33-15-6-2-7-16-33/h1-31H/i2D,3D,6D,7D,8D,9D,10D,11D,12D,15D,16D,17D,18D,19D,20D,21D,22D,27D,28D,29D,30D,31D. The molecule has 0 fully saturated rings. The van der Waals surface area contributed by atoms with Crippen molar-refractivity contribution < 1.29 is 34.6 Å². The monoisotopic (exact) mass is 635 g/mol. The molecule has 0 saturated carbocycles. The van der Waals surface area contributed by atoms with Crippen LogP contribution in [0.3, 0.4) is 0 Å². The van der Waals surface area contributed by atoms with Crippen LogP contribution in [0.1, 0.15) is 30.2 Å². The Morgan fingerprint density at radius 3 is 1.79 bits per heavy atom. The topological polar surface area (TPSA) is 16.4 Å². The number of benzene rings is 8. The molecule has 1 heterocycles. The maximum absolute atomic E-state index is 9.98. The first-order chi connectivity index (χ1) is 33.0. The summed E-state index contributed by atoms with van der Waals surface area (Å²) < 4.78 is 203. The number of hydrogen-bond donors (Lipinski definition) is 0. The number of para-hydroxylation sites is 1. The van der Waals surface area contributed by atoms with Crippen LogP contribution in [0.4, 0.5) is 17.1 Å². The molecule has 0 unspecified atom stereocenters. The molecule has 0 N–H and O–H groups in total. The van der Waals surface area contributed by atoms with E-state index in [0.29, 0.717) is 4.90 Å². The third-order valence-electron chi connectivity index (χ3n) is 7.72. The van der Waals surface area contributed by atoms with E-state index in [4.69, 9.17) is 25.0 Å². The lowest BCUT2D eigenvalue weighted by molar-refractivity contribution is 0.672. The maximum Gasteiger partial charge on any atom is 0.143 e. The van der Waals surface area contributed by atoms with Crippen molar-refractivity contribution in [2.45, 2.75) is 0 Å². The fraction of sp³-hybridized carbons (Fsp3) is 0. The van der Waals surface area contributed by atoms with E-state index < -0.39 is 178 Å². The molecule has 0 aliphatic carbocycles. The van der Waals surface area contributed by atoms with E-state index in [2.05, 4.69) is 0 Å². The van der Waals surface area contributed by atoms with E-state index in [-0.39, 0.29) is 27.3 Å². The molecule has 0 radical (unpaired) electrons. The normalized spacial score (nSPS) is 17.8. The summed E-state index contributed by atoms with van der Waals surface area (Å²) >= 11 is 0. The molecule has 2 nitrogen and oxygen atoms in total. The van der Waals surface area contributed by atoms with Crippen LogP contribution in [0.5, 0.6) is 0 Å². The van der Waals surface area contributed by atoms with Gasteiger partial charge in [0.25, 0.3) is 0 Å². The van der Waals surface area contributed by atoms with Crippen molar-refractivity contribution in [1.29, 1.82) is 0 Å². The van der Waals surface area contributed by atoms with Gasteiger partial charge in [-0.1, -0.05) is 145 Å². The highest BCUT2D eigenvalue weighted by atomic mass is 16.3. The maximum atomic E-state index is 9.98. The SMILES string of the molecule is [2H]c1c([2H])c([2H])c(-c2c([2H])c([2H])c(N(c3c([2H])c([2H])c([2H])c([2H])c3[2H])c3c([2H])c([2H])c([2H])c4oc5c6c([2H])c([2H])c([2H])c([2H])c6c(-c6ccc(-c7ccccc7)cc6)c([2H])c5c34)c([2H])c2[2H])c([2H])c1[2H]. The van der Waals surface area contributed by atoms with E-state index in [1.54, 1.807) is 24.3 Å². The van der Waals surface area contributed by atoms with Crippen molar-refractivity contribution in [2.24, 2.45) is 0 Å². The number of rotatable bonds is 6. The summed E-state index contributed by atoms with van der Waals surface area (Å²) in [5, 5.41) is -1.37. The van der Waals surface area contributed by atoms with Gasteiger partial charge in [-0.05, 0) is 81.1 Å². The molecule has 0 bridgehead atoms. The number of anilines is 3. The number of furan rings is 1. The van der Waals surface area contributed by atoms with Crippen molar-refractivity contribution in [3.05, 3.63) is 188 Å². The average molecular weight is 636 g/mol. The van der Waals surface area contributed by atoms with Crippen molar-refractivity contribution in [2.75, 3.05) is 4.90 Å². The Hall–Kier alpha value is -6.38. The predicted molar refractivity (Wildman–Crippen MR) is 202 cm³/mol. The van der Waals surface area contributed by atoms with Crippen molar-refractivity contribution in [1.82, 2.24) is 0 Å². The van der Waals surface area contributed by atoms with Gasteiger partial charge in [0, 0.05) is 22.1 Å². The van der Waals surface area contributed by atoms with Gasteiger partial charge in [-0.25, -0.2) is 0 Å². The van der Waals surface area contributed by atoms with Crippen LogP contribution >= 0.6 is 0 Å². The van der Waals surface area contributed by atoms with E-state index in [9.17, 15) is 9.60 Å². The van der Waals surface area contributed by atoms with Crippen molar-refractivity contribution in [3.63, 3.8) is 0 Å². The third-order valence-corrected chi connectivity index (χ3v) is 7.72. The molecular weight excluding hydrogens is 583 g/mol. The van der Waals surface area contributed by atoms with Crippen LogP contribution in [0.25, 0.3) is 66.1 Å². The van der Waals surface area contributed by atoms with Gasteiger partial charge in [-0.15, -0.1) is 0 Å². The fourth-order valence-electron chi connectivity index (χ4n) is 5.56. The Labute approximate surface area is 310 Å². The summed E-state index contributed by atoms with van der Waals surface area (Å²) in [6.07, 6.45) is 0. The van der Waals surface area contributed by atoms with Crippen LogP contribution in [0, 0.1) is 0 Å². The Bertz CT molecular complexity index is 3710. The van der Waals surface area contributed by atoms with Gasteiger partial charge in [-0.3, -0.25) is 0 Å². The molecular formula is C46H31NO. The van der Waals surface area contributed by atoms with Gasteiger partial charge in [0.2, 0.25) is 0 Å². The molecule has 226 valence electrons. The molecule has 48 heavy (non-hydrogen) atoms. The van der Waals surface area contributed by atoms with Crippen LogP contribution in [0.15, 0.2) is 192 Å². The molecule has 0 atom stereocenters. The van der Waals surface area contributed by atoms with Gasteiger partial charge in [-0.2, -0.15) is 0 Å². The van der Waals surface area contributed by atoms with E-state index in [1.807, 2.05) is 30.3 Å². The zero-order valence-corrected chi connectivity index (χ0v) is 24.6. The highest BCUT2D eigenvalue weighted by molar-refractivity contribution is 6.22. The Balaban J connectivity index is 1.51. The average Bonchev–Trinajstić information content (AvgIpc) is 3.75. The van der Waals surface area contributed by atoms with Crippen LogP contribution in [-0.2, 0) is 0 Å². The minimum absolute atomic E-state index is 0.0997. The first-order valence-electron chi connectivity index (χ1n) is 25.6. The van der Waals surface area contributed by atoms with E-state index in [0.717, 1.165) is 11.1 Å². The van der Waals surface area contributed by atoms with Gasteiger partial charge in [0.05, 0.1) is 41.2 Å². The summed E-state index contributed by atoms with van der Waals surface area (Å²) in [5.41, 5.74) is -3.48. The predicted octanol–water partition coefficient (Wildman–Crippen LogP) is 13.2. The second kappa shape index (κ2) is 11.8. The summed E-state index contributed by atoms with van der Waals surface area (Å²) in [6.45, 7) is 0. The molecule has 8 aromatic carbocycles. The van der Waals surface area contributed by atoms with E-state index >= 15 is 0 Å². The number of nitrogens with zero attached hydrogens (tertiary/aromatic N) is 1. The lowest BCUT2D eigenvalue weighted by Crippen LogP contribution is -2.10. The van der Waals surface area contributed by atoms with Crippen molar-refractivity contribution in [3.8, 4) is 33.4 Å². The van der Waals surface area contributed by atoms with Crippen molar-refractivity contribution >= 4 is 49.8 Å². The number of hydrogen-bond acceptors (Lipinski definition) is 2. The molecule has 0 aliphatic rings. The third kappa shape index (κ3) is 4.83. The van der Waals surface area contributed by atoms with E-state index in [1.165, 1.54) is 0 Å². The van der Waals surface area contributed by atoms with Crippen LogP contribution < -0.4 is 4.90 Å². The van der Waals surface area contributed by atoms with Gasteiger partial charge in [0.1, 0.15) is 11.2 Å². The second-order valence-electron chi connectivity index (χ2n) is 10.5. The minimum atomic E-state index is -1.10. The zero-order valence-electron chi connectivity index (χ0n) is 46.6. The first-order valence-corrected chi connectivity index (χ1v) is 14.6. The summed E-state index contributed by atoms with van der Waals surface area (Å²) in [7, 11) is 0. The molecule has 0 amide bonds. The molecule has 9 aromatic rings. The highest BCUT2D eigenvalue weighted by Gasteiger charge is 2.21. The summed E-state index contributed by atoms with van der Waals surface area (Å²) in [4.78, 5) is 0.585. The molecule has 9 rings (SSSR count). The lowest BCUT2D eigenvalue weighted by atomic mass is 9.93. The lowest BCUT2D eigenvalue weighted by Gasteiger charge is -2.26. The largest absolute Gasteiger partial charge is 0.455 e. The smallest absolute Gasteiger partial charge is 0.143 e. The first kappa shape index (κ1) is 13.4. The minimum Gasteiger partial charge on any atom is -0.455 e. The second-order valence-corrected chi connectivity index (χ2v) is 10.5. The molecule has 0 spiro atoms.